The van der Waals surface area contributed by atoms with Gasteiger partial charge in [0.05, 0.1) is 25.3 Å². The molecule has 3 fully saturated rings. The van der Waals surface area contributed by atoms with Crippen molar-refractivity contribution in [2.24, 2.45) is 5.92 Å². The summed E-state index contributed by atoms with van der Waals surface area (Å²) in [5, 5.41) is 9.78. The van der Waals surface area contributed by atoms with Crippen LogP contribution in [0.2, 0.25) is 0 Å². The van der Waals surface area contributed by atoms with E-state index in [1.807, 2.05) is 4.90 Å². The normalized spacial score (nSPS) is 25.8. The van der Waals surface area contributed by atoms with Crippen LogP contribution in [0.4, 0.5) is 13.2 Å². The molecule has 26 heavy (non-hydrogen) atoms. The molecule has 0 bridgehead atoms. The molecule has 0 unspecified atom stereocenters. The van der Waals surface area contributed by atoms with E-state index < -0.39 is 12.1 Å². The highest BCUT2D eigenvalue weighted by atomic mass is 19.4. The zero-order valence-electron chi connectivity index (χ0n) is 14.3. The number of alkyl halides is 3. The van der Waals surface area contributed by atoms with E-state index in [2.05, 4.69) is 10.2 Å². The number of ether oxygens (including phenoxy) is 1. The van der Waals surface area contributed by atoms with Crippen LogP contribution in [-0.4, -0.2) is 90.8 Å². The summed E-state index contributed by atoms with van der Waals surface area (Å²) in [5.74, 6) is -2.20. The second-order valence-corrected chi connectivity index (χ2v) is 6.44. The molecule has 1 aliphatic carbocycles. The second-order valence-electron chi connectivity index (χ2n) is 6.44. The molecule has 0 aromatic carbocycles. The summed E-state index contributed by atoms with van der Waals surface area (Å²) in [6.07, 6.45) is -2.94. The van der Waals surface area contributed by atoms with Gasteiger partial charge in [-0.15, -0.1) is 0 Å². The van der Waals surface area contributed by atoms with Crippen LogP contribution in [0.15, 0.2) is 0 Å². The number of amides is 2. The van der Waals surface area contributed by atoms with Crippen LogP contribution in [0.5, 0.6) is 0 Å². The number of aliphatic carboxylic acids is 1. The predicted octanol–water partition coefficient (Wildman–Crippen LogP) is -0.313. The third kappa shape index (κ3) is 5.31. The SMILES string of the molecule is CNC(=O)CN1CCO[C@H]2CN(C(=O)C3CC3)C[C@H]21.O=C(O)C(F)(F)F. The highest BCUT2D eigenvalue weighted by Gasteiger charge is 2.45. The van der Waals surface area contributed by atoms with Gasteiger partial charge in [0.25, 0.3) is 0 Å². The number of carbonyl (C=O) groups is 3. The number of carbonyl (C=O) groups excluding carboxylic acids is 2. The van der Waals surface area contributed by atoms with Gasteiger partial charge in [-0.2, -0.15) is 13.2 Å². The number of morpholine rings is 1. The first-order chi connectivity index (χ1) is 12.1. The van der Waals surface area contributed by atoms with E-state index in [1.54, 1.807) is 7.05 Å². The van der Waals surface area contributed by atoms with Gasteiger partial charge < -0.3 is 20.1 Å². The minimum atomic E-state index is -5.08. The molecule has 0 spiro atoms. The lowest BCUT2D eigenvalue weighted by Gasteiger charge is -2.35. The largest absolute Gasteiger partial charge is 0.490 e. The molecule has 2 saturated heterocycles. The summed E-state index contributed by atoms with van der Waals surface area (Å²) >= 11 is 0. The Morgan fingerprint density at radius 2 is 1.85 bits per heavy atom. The lowest BCUT2D eigenvalue weighted by Crippen LogP contribution is -2.53. The highest BCUT2D eigenvalue weighted by molar-refractivity contribution is 5.81. The molecular weight excluding hydrogens is 359 g/mol. The van der Waals surface area contributed by atoms with Gasteiger partial charge >= 0.3 is 12.1 Å². The topological polar surface area (TPSA) is 99.2 Å². The number of hydrogen-bond donors (Lipinski definition) is 2. The molecule has 148 valence electrons. The fourth-order valence-electron chi connectivity index (χ4n) is 2.99. The number of halogens is 3. The lowest BCUT2D eigenvalue weighted by molar-refractivity contribution is -0.192. The molecule has 2 atom stereocenters. The van der Waals surface area contributed by atoms with Crippen molar-refractivity contribution >= 4 is 17.8 Å². The Hall–Kier alpha value is -1.88. The summed E-state index contributed by atoms with van der Waals surface area (Å²) in [6.45, 7) is 3.19. The van der Waals surface area contributed by atoms with Gasteiger partial charge in [-0.1, -0.05) is 0 Å². The van der Waals surface area contributed by atoms with Crippen molar-refractivity contribution in [3.05, 3.63) is 0 Å². The summed E-state index contributed by atoms with van der Waals surface area (Å²) in [6, 6.07) is 0.175. The molecule has 8 nitrogen and oxygen atoms in total. The molecule has 3 aliphatic rings. The van der Waals surface area contributed by atoms with E-state index in [9.17, 15) is 22.8 Å². The van der Waals surface area contributed by atoms with Crippen LogP contribution in [0.3, 0.4) is 0 Å². The molecule has 0 aromatic rings. The minimum Gasteiger partial charge on any atom is -0.475 e. The fraction of sp³-hybridized carbons (Fsp3) is 0.800. The molecule has 2 amide bonds. The number of likely N-dealkylation sites (tertiary alicyclic amines) is 1. The summed E-state index contributed by atoms with van der Waals surface area (Å²) in [7, 11) is 1.65. The fourth-order valence-corrected chi connectivity index (χ4v) is 2.99. The van der Waals surface area contributed by atoms with Crippen LogP contribution in [0.25, 0.3) is 0 Å². The number of fused-ring (bicyclic) bond motifs is 1. The molecule has 2 heterocycles. The third-order valence-corrected chi connectivity index (χ3v) is 4.52. The van der Waals surface area contributed by atoms with Crippen molar-refractivity contribution < 1.29 is 37.4 Å². The third-order valence-electron chi connectivity index (χ3n) is 4.52. The van der Waals surface area contributed by atoms with E-state index in [0.29, 0.717) is 26.2 Å². The Labute approximate surface area is 148 Å². The van der Waals surface area contributed by atoms with Crippen molar-refractivity contribution in [2.75, 3.05) is 39.8 Å². The van der Waals surface area contributed by atoms with Gasteiger partial charge in [0.2, 0.25) is 11.8 Å². The maximum absolute atomic E-state index is 12.1. The molecule has 11 heteroatoms. The van der Waals surface area contributed by atoms with Crippen molar-refractivity contribution in [1.29, 1.82) is 0 Å². The minimum absolute atomic E-state index is 0.0209. The first-order valence-electron chi connectivity index (χ1n) is 8.28. The smallest absolute Gasteiger partial charge is 0.475 e. The molecule has 0 radical (unpaired) electrons. The number of nitrogens with zero attached hydrogens (tertiary/aromatic N) is 2. The number of nitrogens with one attached hydrogen (secondary N) is 1. The van der Waals surface area contributed by atoms with Crippen molar-refractivity contribution in [3.63, 3.8) is 0 Å². The second kappa shape index (κ2) is 8.21. The quantitative estimate of drug-likeness (QED) is 0.696. The Bertz CT molecular complexity index is 553. The van der Waals surface area contributed by atoms with Gasteiger partial charge in [0.15, 0.2) is 0 Å². The van der Waals surface area contributed by atoms with Crippen LogP contribution >= 0.6 is 0 Å². The van der Waals surface area contributed by atoms with Crippen molar-refractivity contribution in [3.8, 4) is 0 Å². The number of carboxylic acids is 1. The van der Waals surface area contributed by atoms with Gasteiger partial charge in [0.1, 0.15) is 0 Å². The first-order valence-corrected chi connectivity index (χ1v) is 8.28. The van der Waals surface area contributed by atoms with Crippen molar-refractivity contribution in [1.82, 2.24) is 15.1 Å². The summed E-state index contributed by atoms with van der Waals surface area (Å²) < 4.78 is 37.5. The predicted molar refractivity (Wildman–Crippen MR) is 82.2 cm³/mol. The lowest BCUT2D eigenvalue weighted by atomic mass is 10.1. The molecule has 2 aliphatic heterocycles. The highest BCUT2D eigenvalue weighted by Crippen LogP contribution is 2.33. The van der Waals surface area contributed by atoms with E-state index in [4.69, 9.17) is 14.6 Å². The Morgan fingerprint density at radius 3 is 2.35 bits per heavy atom. The monoisotopic (exact) mass is 381 g/mol. The van der Waals surface area contributed by atoms with E-state index in [-0.39, 0.29) is 29.9 Å². The standard InChI is InChI=1S/C13H21N3O3.C2HF3O2/c1-14-12(17)8-15-4-5-19-11-7-16(6-10(11)15)13(18)9-2-3-9;3-2(4,5)1(6)7/h9-11H,2-8H2,1H3,(H,14,17);(H,6,7)/t10-,11+;/m1./s1. The van der Waals surface area contributed by atoms with Crippen LogP contribution in [0.1, 0.15) is 12.8 Å². The molecule has 0 aromatic heterocycles. The molecule has 1 saturated carbocycles. The first kappa shape index (κ1) is 20.4. The van der Waals surface area contributed by atoms with Crippen LogP contribution in [0, 0.1) is 5.92 Å². The zero-order valence-corrected chi connectivity index (χ0v) is 14.3. The number of rotatable bonds is 3. The Morgan fingerprint density at radius 1 is 1.23 bits per heavy atom. The summed E-state index contributed by atoms with van der Waals surface area (Å²) in [5.41, 5.74) is 0. The Kier molecular flexibility index (Phi) is 6.45. The number of likely N-dealkylation sites (N-methyl/N-ethyl adjacent to an activating group) is 1. The average Bonchev–Trinajstić information content (AvgIpc) is 3.32. The van der Waals surface area contributed by atoms with E-state index in [1.165, 1.54) is 0 Å². The zero-order chi connectivity index (χ0) is 19.5. The van der Waals surface area contributed by atoms with Gasteiger partial charge in [-0.05, 0) is 12.8 Å². The van der Waals surface area contributed by atoms with E-state index in [0.717, 1.165) is 19.4 Å². The van der Waals surface area contributed by atoms with Gasteiger partial charge in [0, 0.05) is 32.6 Å². The van der Waals surface area contributed by atoms with Gasteiger partial charge in [-0.3, -0.25) is 14.5 Å². The van der Waals surface area contributed by atoms with Gasteiger partial charge in [-0.25, -0.2) is 4.79 Å². The molecule has 3 rings (SSSR count). The maximum Gasteiger partial charge on any atom is 0.490 e. The number of carboxylic acid groups (broad SMARTS) is 1. The Balaban J connectivity index is 0.000000298. The van der Waals surface area contributed by atoms with E-state index >= 15 is 0 Å². The number of hydrogen-bond acceptors (Lipinski definition) is 5. The average molecular weight is 381 g/mol. The molecule has 2 N–H and O–H groups in total. The van der Waals surface area contributed by atoms with Crippen molar-refractivity contribution in [2.45, 2.75) is 31.2 Å². The summed E-state index contributed by atoms with van der Waals surface area (Å²) in [4.78, 5) is 36.6. The van der Waals surface area contributed by atoms with Crippen LogP contribution in [-0.2, 0) is 19.1 Å². The molecular formula is C15H22F3N3O5. The maximum atomic E-state index is 12.1. The van der Waals surface area contributed by atoms with Crippen LogP contribution < -0.4 is 5.32 Å².